The minimum Gasteiger partial charge on any atom is -0.494 e. The number of benzene rings is 2. The van der Waals surface area contributed by atoms with Crippen molar-refractivity contribution >= 4 is 35.1 Å². The second-order valence-electron chi connectivity index (χ2n) is 7.09. The lowest BCUT2D eigenvalue weighted by Gasteiger charge is -2.16. The fourth-order valence-electron chi connectivity index (χ4n) is 3.44. The first-order valence-corrected chi connectivity index (χ1v) is 10.3. The summed E-state index contributed by atoms with van der Waals surface area (Å²) >= 11 is 6.09. The van der Waals surface area contributed by atoms with Crippen LogP contribution < -0.4 is 15.0 Å². The molecular formula is C22H21ClN4O4. The molecule has 1 aromatic heterocycles. The van der Waals surface area contributed by atoms with Gasteiger partial charge in [0.25, 0.3) is 0 Å². The summed E-state index contributed by atoms with van der Waals surface area (Å²) in [6.07, 6.45) is 0.341. The van der Waals surface area contributed by atoms with Gasteiger partial charge in [-0.3, -0.25) is 14.9 Å². The smallest absolute Gasteiger partial charge is 0.322 e. The molecule has 1 N–H and O–H groups in total. The minimum atomic E-state index is -0.318. The molecule has 0 saturated carbocycles. The van der Waals surface area contributed by atoms with Crippen LogP contribution in [0.3, 0.4) is 0 Å². The summed E-state index contributed by atoms with van der Waals surface area (Å²) in [5.74, 6) is 0.470. The number of hydrogen-bond acceptors (Lipinski definition) is 6. The highest BCUT2D eigenvalue weighted by molar-refractivity contribution is 6.31. The average molecular weight is 441 g/mol. The van der Waals surface area contributed by atoms with Crippen LogP contribution in [0.2, 0.25) is 5.02 Å². The van der Waals surface area contributed by atoms with Gasteiger partial charge in [0, 0.05) is 23.7 Å². The van der Waals surface area contributed by atoms with Crippen LogP contribution in [-0.4, -0.2) is 35.2 Å². The number of carbonyl (C=O) groups excluding carboxylic acids is 2. The molecule has 4 rings (SSSR count). The first-order valence-electron chi connectivity index (χ1n) is 9.93. The Morgan fingerprint density at radius 2 is 2.00 bits per heavy atom. The largest absolute Gasteiger partial charge is 0.494 e. The van der Waals surface area contributed by atoms with Crippen molar-refractivity contribution in [3.63, 3.8) is 0 Å². The molecule has 3 aromatic rings. The van der Waals surface area contributed by atoms with Crippen molar-refractivity contribution in [2.24, 2.45) is 0 Å². The van der Waals surface area contributed by atoms with Gasteiger partial charge in [-0.05, 0) is 42.8 Å². The third-order valence-electron chi connectivity index (χ3n) is 4.93. The van der Waals surface area contributed by atoms with Crippen molar-refractivity contribution in [2.75, 3.05) is 23.4 Å². The molecule has 1 atom stereocenters. The Kier molecular flexibility index (Phi) is 6.18. The Labute approximate surface area is 184 Å². The maximum absolute atomic E-state index is 12.5. The van der Waals surface area contributed by atoms with E-state index in [9.17, 15) is 9.59 Å². The molecule has 31 heavy (non-hydrogen) atoms. The molecule has 160 valence electrons. The van der Waals surface area contributed by atoms with Gasteiger partial charge in [0.2, 0.25) is 17.7 Å². The van der Waals surface area contributed by atoms with Gasteiger partial charge < -0.3 is 14.1 Å². The maximum atomic E-state index is 12.5. The molecule has 2 heterocycles. The number of nitrogens with one attached hydrogen (secondary N) is 1. The van der Waals surface area contributed by atoms with Crippen LogP contribution in [0.15, 0.2) is 52.9 Å². The van der Waals surface area contributed by atoms with E-state index in [4.69, 9.17) is 20.8 Å². The van der Waals surface area contributed by atoms with E-state index in [0.717, 1.165) is 11.4 Å². The zero-order chi connectivity index (χ0) is 21.8. The molecule has 2 aromatic carbocycles. The van der Waals surface area contributed by atoms with E-state index in [1.54, 1.807) is 23.1 Å². The van der Waals surface area contributed by atoms with E-state index < -0.39 is 0 Å². The summed E-state index contributed by atoms with van der Waals surface area (Å²) in [5, 5.41) is 11.0. The first-order chi connectivity index (χ1) is 15.0. The lowest BCUT2D eigenvalue weighted by atomic mass is 10.1. The van der Waals surface area contributed by atoms with Crippen LogP contribution in [0.5, 0.6) is 5.75 Å². The number of halogens is 1. The highest BCUT2D eigenvalue weighted by atomic mass is 35.5. The number of rotatable bonds is 7. The van der Waals surface area contributed by atoms with E-state index in [1.807, 2.05) is 37.3 Å². The highest BCUT2D eigenvalue weighted by Crippen LogP contribution is 2.32. The molecule has 0 spiro atoms. The zero-order valence-corrected chi connectivity index (χ0v) is 17.6. The minimum absolute atomic E-state index is 0.000908. The number of hydrogen-bond donors (Lipinski definition) is 1. The molecule has 0 radical (unpaired) electrons. The van der Waals surface area contributed by atoms with E-state index in [1.165, 1.54) is 0 Å². The number of aromatic nitrogens is 2. The lowest BCUT2D eigenvalue weighted by Crippen LogP contribution is -2.24. The van der Waals surface area contributed by atoms with E-state index in [-0.39, 0.29) is 36.6 Å². The van der Waals surface area contributed by atoms with Gasteiger partial charge in [0.05, 0.1) is 18.9 Å². The van der Waals surface area contributed by atoms with Gasteiger partial charge in [-0.15, -0.1) is 5.10 Å². The monoisotopic (exact) mass is 440 g/mol. The molecule has 0 bridgehead atoms. The number of anilines is 2. The van der Waals surface area contributed by atoms with Crippen molar-refractivity contribution in [2.45, 2.75) is 25.7 Å². The molecule has 9 heteroatoms. The summed E-state index contributed by atoms with van der Waals surface area (Å²) in [6.45, 7) is 2.92. The summed E-state index contributed by atoms with van der Waals surface area (Å²) in [6, 6.07) is 14.5. The van der Waals surface area contributed by atoms with Gasteiger partial charge in [0.15, 0.2) is 0 Å². The number of carbonyl (C=O) groups is 2. The molecule has 1 aliphatic rings. The zero-order valence-electron chi connectivity index (χ0n) is 16.9. The second kappa shape index (κ2) is 9.18. The molecule has 1 fully saturated rings. The fourth-order valence-corrected chi connectivity index (χ4v) is 3.64. The predicted octanol–water partition coefficient (Wildman–Crippen LogP) is 3.82. The van der Waals surface area contributed by atoms with Crippen LogP contribution in [0.1, 0.15) is 30.7 Å². The Balaban J connectivity index is 1.38. The predicted molar refractivity (Wildman–Crippen MR) is 115 cm³/mol. The van der Waals surface area contributed by atoms with Crippen molar-refractivity contribution in [1.82, 2.24) is 10.2 Å². The van der Waals surface area contributed by atoms with Crippen molar-refractivity contribution in [1.29, 1.82) is 0 Å². The van der Waals surface area contributed by atoms with Gasteiger partial charge in [-0.1, -0.05) is 34.9 Å². The van der Waals surface area contributed by atoms with Gasteiger partial charge in [0.1, 0.15) is 5.75 Å². The second-order valence-corrected chi connectivity index (χ2v) is 7.50. The molecule has 8 nitrogen and oxygen atoms in total. The lowest BCUT2D eigenvalue weighted by molar-refractivity contribution is -0.117. The Bertz CT molecular complexity index is 1080. The number of ether oxygens (including phenoxy) is 1. The third-order valence-corrected chi connectivity index (χ3v) is 5.30. The Morgan fingerprint density at radius 1 is 1.23 bits per heavy atom. The van der Waals surface area contributed by atoms with Crippen LogP contribution in [0.4, 0.5) is 11.7 Å². The Hall–Kier alpha value is -3.39. The third kappa shape index (κ3) is 4.86. The summed E-state index contributed by atoms with van der Waals surface area (Å²) < 4.78 is 11.0. The maximum Gasteiger partial charge on any atom is 0.322 e. The van der Waals surface area contributed by atoms with Crippen molar-refractivity contribution in [3.8, 4) is 5.75 Å². The molecular weight excluding hydrogens is 420 g/mol. The van der Waals surface area contributed by atoms with Crippen LogP contribution in [-0.2, 0) is 16.0 Å². The molecule has 1 unspecified atom stereocenters. The summed E-state index contributed by atoms with van der Waals surface area (Å²) in [7, 11) is 0. The Morgan fingerprint density at radius 3 is 2.74 bits per heavy atom. The van der Waals surface area contributed by atoms with Crippen molar-refractivity contribution in [3.05, 3.63) is 65.0 Å². The van der Waals surface area contributed by atoms with Crippen LogP contribution >= 0.6 is 11.6 Å². The summed E-state index contributed by atoms with van der Waals surface area (Å²) in [4.78, 5) is 26.4. The van der Waals surface area contributed by atoms with Gasteiger partial charge in [-0.2, -0.15) is 0 Å². The number of nitrogens with zero attached hydrogens (tertiary/aromatic N) is 3. The fraction of sp³-hybridized carbons (Fsp3) is 0.273. The molecule has 1 aliphatic heterocycles. The number of amides is 2. The molecule has 0 aliphatic carbocycles. The van der Waals surface area contributed by atoms with Crippen LogP contribution in [0.25, 0.3) is 0 Å². The standard InChI is InChI=1S/C22H21ClN4O4/c1-2-30-17-9-7-16(8-10-17)27-13-15(12-20(27)29)21-25-26-22(31-21)24-19(28)11-14-5-3-4-6-18(14)23/h3-10,15H,2,11-13H2,1H3,(H,24,26,28). The summed E-state index contributed by atoms with van der Waals surface area (Å²) in [5.41, 5.74) is 1.48. The van der Waals surface area contributed by atoms with E-state index in [0.29, 0.717) is 29.6 Å². The van der Waals surface area contributed by atoms with Crippen molar-refractivity contribution < 1.29 is 18.7 Å². The van der Waals surface area contributed by atoms with Gasteiger partial charge >= 0.3 is 6.01 Å². The topological polar surface area (TPSA) is 97.6 Å². The van der Waals surface area contributed by atoms with Gasteiger partial charge in [-0.25, -0.2) is 0 Å². The van der Waals surface area contributed by atoms with E-state index >= 15 is 0 Å². The average Bonchev–Trinajstić information content (AvgIpc) is 3.37. The molecule has 1 saturated heterocycles. The quantitative estimate of drug-likeness (QED) is 0.599. The SMILES string of the molecule is CCOc1ccc(N2CC(c3nnc(NC(=O)Cc4ccccc4Cl)o3)CC2=O)cc1. The van der Waals surface area contributed by atoms with Crippen LogP contribution in [0, 0.1) is 0 Å². The highest BCUT2D eigenvalue weighted by Gasteiger charge is 2.35. The normalized spacial score (nSPS) is 15.9. The van der Waals surface area contributed by atoms with E-state index in [2.05, 4.69) is 15.5 Å². The first kappa shape index (κ1) is 20.9. The molecule has 2 amide bonds.